The first-order valence-electron chi connectivity index (χ1n) is 9.23. The molecule has 0 spiro atoms. The largest absolute Gasteiger partial charge is 0.324 e. The Morgan fingerprint density at radius 3 is 2.24 bits per heavy atom. The molecule has 0 aromatic heterocycles. The van der Waals surface area contributed by atoms with Crippen molar-refractivity contribution in [3.63, 3.8) is 0 Å². The number of halogens is 1. The lowest BCUT2D eigenvalue weighted by Gasteiger charge is -2.27. The highest BCUT2D eigenvalue weighted by Gasteiger charge is 2.34. The third kappa shape index (κ3) is 3.17. The van der Waals surface area contributed by atoms with Gasteiger partial charge in [-0.25, -0.2) is 0 Å². The van der Waals surface area contributed by atoms with E-state index in [1.165, 1.54) is 0 Å². The third-order valence-electron chi connectivity index (χ3n) is 5.18. The van der Waals surface area contributed by atoms with Gasteiger partial charge in [0.25, 0.3) is 11.8 Å². The van der Waals surface area contributed by atoms with Gasteiger partial charge >= 0.3 is 0 Å². The molecular formula is C23H19ClN2O3. The summed E-state index contributed by atoms with van der Waals surface area (Å²) in [5.41, 5.74) is 4.40. The van der Waals surface area contributed by atoms with Gasteiger partial charge in [-0.2, -0.15) is 0 Å². The molecule has 0 saturated carbocycles. The molecule has 3 aromatic rings. The Kier molecular flexibility index (Phi) is 4.63. The summed E-state index contributed by atoms with van der Waals surface area (Å²) >= 11 is 6.23. The van der Waals surface area contributed by atoms with Crippen molar-refractivity contribution in [3.8, 4) is 0 Å². The number of anilines is 1. The molecule has 0 aliphatic carbocycles. The van der Waals surface area contributed by atoms with Gasteiger partial charge in [-0.05, 0) is 50.1 Å². The normalized spacial score (nSPS) is 13.2. The molecule has 0 atom stereocenters. The van der Waals surface area contributed by atoms with E-state index in [9.17, 15) is 14.4 Å². The van der Waals surface area contributed by atoms with Gasteiger partial charge in [0.15, 0.2) is 0 Å². The maximum atomic E-state index is 13.0. The fourth-order valence-corrected chi connectivity index (χ4v) is 4.17. The van der Waals surface area contributed by atoms with Gasteiger partial charge in [-0.1, -0.05) is 41.4 Å². The second kappa shape index (κ2) is 7.01. The summed E-state index contributed by atoms with van der Waals surface area (Å²) in [5, 5.41) is 4.51. The predicted molar refractivity (Wildman–Crippen MR) is 114 cm³/mol. The molecule has 0 bridgehead atoms. The van der Waals surface area contributed by atoms with Gasteiger partial charge in [0.05, 0.1) is 0 Å². The predicted octanol–water partition coefficient (Wildman–Crippen LogP) is 4.65. The Hall–Kier alpha value is -3.18. The van der Waals surface area contributed by atoms with E-state index in [1.54, 1.807) is 30.3 Å². The molecule has 1 aliphatic rings. The second-order valence-electron chi connectivity index (χ2n) is 7.34. The van der Waals surface area contributed by atoms with Crippen LogP contribution in [0.2, 0.25) is 5.02 Å². The zero-order valence-corrected chi connectivity index (χ0v) is 17.1. The van der Waals surface area contributed by atoms with E-state index in [4.69, 9.17) is 11.6 Å². The highest BCUT2D eigenvalue weighted by atomic mass is 35.5. The summed E-state index contributed by atoms with van der Waals surface area (Å²) in [5.74, 6) is -1.42. The smallest absolute Gasteiger partial charge is 0.261 e. The zero-order chi connectivity index (χ0) is 20.9. The molecule has 29 heavy (non-hydrogen) atoms. The molecule has 3 amide bonds. The van der Waals surface area contributed by atoms with E-state index in [2.05, 4.69) is 5.32 Å². The van der Waals surface area contributed by atoms with Crippen LogP contribution in [0.3, 0.4) is 0 Å². The topological polar surface area (TPSA) is 66.5 Å². The van der Waals surface area contributed by atoms with Crippen molar-refractivity contribution >= 4 is 45.8 Å². The molecular weight excluding hydrogens is 388 g/mol. The number of hydrogen-bond acceptors (Lipinski definition) is 3. The summed E-state index contributed by atoms with van der Waals surface area (Å²) in [6, 6.07) is 12.3. The summed E-state index contributed by atoms with van der Waals surface area (Å²) in [4.78, 5) is 39.6. The molecule has 3 aromatic carbocycles. The van der Waals surface area contributed by atoms with Crippen LogP contribution in [0.25, 0.3) is 10.8 Å². The number of rotatable bonds is 3. The van der Waals surface area contributed by atoms with Gasteiger partial charge in [0, 0.05) is 32.6 Å². The summed E-state index contributed by atoms with van der Waals surface area (Å²) in [6.07, 6.45) is 0. The number of imide groups is 1. The Morgan fingerprint density at radius 1 is 0.966 bits per heavy atom. The van der Waals surface area contributed by atoms with E-state index in [0.29, 0.717) is 32.6 Å². The van der Waals surface area contributed by atoms with Crippen LogP contribution in [0.4, 0.5) is 5.69 Å². The molecule has 0 saturated heterocycles. The van der Waals surface area contributed by atoms with Crippen LogP contribution < -0.4 is 5.32 Å². The first-order chi connectivity index (χ1) is 13.8. The van der Waals surface area contributed by atoms with Crippen molar-refractivity contribution < 1.29 is 14.4 Å². The first kappa shape index (κ1) is 19.2. The van der Waals surface area contributed by atoms with Crippen molar-refractivity contribution in [2.24, 2.45) is 0 Å². The van der Waals surface area contributed by atoms with E-state index < -0.39 is 17.7 Å². The lowest BCUT2D eigenvalue weighted by molar-refractivity contribution is -0.116. The van der Waals surface area contributed by atoms with Crippen LogP contribution in [0.15, 0.2) is 42.5 Å². The monoisotopic (exact) mass is 406 g/mol. The molecule has 0 radical (unpaired) electrons. The standard InChI is InChI=1S/C23H19ClN2O3/c1-12-9-13(2)21(14(3)10-12)25-19(27)11-26-22(28)16-6-4-5-15-18(24)8-7-17(20(15)16)23(26)29/h4-10H,11H2,1-3H3,(H,25,27). The lowest BCUT2D eigenvalue weighted by Crippen LogP contribution is -2.44. The van der Waals surface area contributed by atoms with E-state index in [1.807, 2.05) is 32.9 Å². The van der Waals surface area contributed by atoms with Crippen LogP contribution in [-0.2, 0) is 4.79 Å². The van der Waals surface area contributed by atoms with Gasteiger partial charge in [-0.3, -0.25) is 19.3 Å². The number of benzene rings is 3. The second-order valence-corrected chi connectivity index (χ2v) is 7.75. The Balaban J connectivity index is 1.65. The Morgan fingerprint density at radius 2 is 1.59 bits per heavy atom. The third-order valence-corrected chi connectivity index (χ3v) is 5.51. The van der Waals surface area contributed by atoms with Crippen molar-refractivity contribution in [1.82, 2.24) is 4.90 Å². The lowest BCUT2D eigenvalue weighted by atomic mass is 9.94. The number of amides is 3. The number of carbonyl (C=O) groups is 3. The van der Waals surface area contributed by atoms with E-state index >= 15 is 0 Å². The minimum atomic E-state index is -0.497. The molecule has 5 nitrogen and oxygen atoms in total. The summed E-state index contributed by atoms with van der Waals surface area (Å²) in [7, 11) is 0. The molecule has 1 heterocycles. The van der Waals surface area contributed by atoms with Crippen LogP contribution in [0, 0.1) is 20.8 Å². The zero-order valence-electron chi connectivity index (χ0n) is 16.3. The fraction of sp³-hybridized carbons (Fsp3) is 0.174. The van der Waals surface area contributed by atoms with Gasteiger partial charge < -0.3 is 5.32 Å². The molecule has 4 rings (SSSR count). The fourth-order valence-electron chi connectivity index (χ4n) is 3.95. The molecule has 1 N–H and O–H groups in total. The number of aryl methyl sites for hydroxylation is 3. The maximum absolute atomic E-state index is 13.0. The van der Waals surface area contributed by atoms with Gasteiger partial charge in [0.2, 0.25) is 5.91 Å². The van der Waals surface area contributed by atoms with Crippen molar-refractivity contribution in [2.75, 3.05) is 11.9 Å². The van der Waals surface area contributed by atoms with E-state index in [-0.39, 0.29) is 6.54 Å². The Bertz CT molecular complexity index is 1170. The number of hydrogen-bond donors (Lipinski definition) is 1. The SMILES string of the molecule is Cc1cc(C)c(NC(=O)CN2C(=O)c3cccc4c(Cl)ccc(c34)C2=O)c(C)c1. The van der Waals surface area contributed by atoms with Gasteiger partial charge in [0.1, 0.15) is 6.54 Å². The van der Waals surface area contributed by atoms with Crippen molar-refractivity contribution in [1.29, 1.82) is 0 Å². The Labute approximate surface area is 173 Å². The number of nitrogens with one attached hydrogen (secondary N) is 1. The minimum absolute atomic E-state index is 0.358. The average Bonchev–Trinajstić information content (AvgIpc) is 2.67. The average molecular weight is 407 g/mol. The van der Waals surface area contributed by atoms with Crippen LogP contribution in [0.1, 0.15) is 37.4 Å². The molecule has 6 heteroatoms. The van der Waals surface area contributed by atoms with Crippen molar-refractivity contribution in [3.05, 3.63) is 75.3 Å². The quantitative estimate of drug-likeness (QED) is 0.643. The van der Waals surface area contributed by atoms with Gasteiger partial charge in [-0.15, -0.1) is 0 Å². The molecule has 0 fully saturated rings. The van der Waals surface area contributed by atoms with E-state index in [0.717, 1.165) is 21.6 Å². The minimum Gasteiger partial charge on any atom is -0.324 e. The summed E-state index contributed by atoms with van der Waals surface area (Å²) in [6.45, 7) is 5.45. The highest BCUT2D eigenvalue weighted by molar-refractivity contribution is 6.38. The molecule has 0 unspecified atom stereocenters. The maximum Gasteiger partial charge on any atom is 0.261 e. The van der Waals surface area contributed by atoms with Crippen molar-refractivity contribution in [2.45, 2.75) is 20.8 Å². The molecule has 1 aliphatic heterocycles. The summed E-state index contributed by atoms with van der Waals surface area (Å²) < 4.78 is 0. The highest BCUT2D eigenvalue weighted by Crippen LogP contribution is 2.34. The molecule has 146 valence electrons. The van der Waals surface area contributed by atoms with Crippen LogP contribution in [0.5, 0.6) is 0 Å². The number of nitrogens with zero attached hydrogens (tertiary/aromatic N) is 1. The van der Waals surface area contributed by atoms with Crippen LogP contribution >= 0.6 is 11.6 Å². The first-order valence-corrected chi connectivity index (χ1v) is 9.61. The van der Waals surface area contributed by atoms with Crippen LogP contribution in [-0.4, -0.2) is 29.2 Å². The number of carbonyl (C=O) groups excluding carboxylic acids is 3.